The van der Waals surface area contributed by atoms with Gasteiger partial charge in [0.2, 0.25) is 0 Å². The van der Waals surface area contributed by atoms with Crippen molar-refractivity contribution in [1.29, 1.82) is 0 Å². The summed E-state index contributed by atoms with van der Waals surface area (Å²) >= 11 is 0. The number of halogens is 1. The van der Waals surface area contributed by atoms with Crippen molar-refractivity contribution in [3.63, 3.8) is 0 Å². The van der Waals surface area contributed by atoms with E-state index in [0.29, 0.717) is 29.5 Å². The highest BCUT2D eigenvalue weighted by Gasteiger charge is 2.11. The van der Waals surface area contributed by atoms with Crippen molar-refractivity contribution < 1.29 is 12.8 Å². The average Bonchev–Trinajstić information content (AvgIpc) is 2.50. The van der Waals surface area contributed by atoms with Crippen LogP contribution in [0.2, 0.25) is 0 Å². The molecule has 7 heteroatoms. The summed E-state index contributed by atoms with van der Waals surface area (Å²) in [5.41, 5.74) is 1.22. The fourth-order valence-electron chi connectivity index (χ4n) is 2.47. The van der Waals surface area contributed by atoms with Crippen LogP contribution in [-0.2, 0) is 22.1 Å². The molecule has 25 heavy (non-hydrogen) atoms. The summed E-state index contributed by atoms with van der Waals surface area (Å²) in [4.78, 5) is 4.14. The molecule has 0 unspecified atom stereocenters. The minimum Gasteiger partial charge on any atom is -0.356 e. The summed E-state index contributed by atoms with van der Waals surface area (Å²) in [5, 5.41) is 6.34. The summed E-state index contributed by atoms with van der Waals surface area (Å²) in [6.07, 6.45) is 4.58. The van der Waals surface area contributed by atoms with Crippen molar-refractivity contribution in [1.82, 2.24) is 10.6 Å². The van der Waals surface area contributed by atoms with Gasteiger partial charge >= 0.3 is 0 Å². The molecule has 1 rings (SSSR count). The van der Waals surface area contributed by atoms with Crippen LogP contribution in [0.25, 0.3) is 0 Å². The van der Waals surface area contributed by atoms with Gasteiger partial charge < -0.3 is 10.6 Å². The van der Waals surface area contributed by atoms with Crippen LogP contribution in [0.1, 0.15) is 44.2 Å². The smallest absolute Gasteiger partial charge is 0.191 e. The molecule has 2 N–H and O–H groups in total. The Hall–Kier alpha value is -1.63. The van der Waals surface area contributed by atoms with Gasteiger partial charge in [0.15, 0.2) is 15.8 Å². The van der Waals surface area contributed by atoms with E-state index in [1.54, 1.807) is 7.05 Å². The third-order valence-electron chi connectivity index (χ3n) is 3.76. The Morgan fingerprint density at radius 1 is 1.20 bits per heavy atom. The van der Waals surface area contributed by atoms with Gasteiger partial charge in [-0.15, -0.1) is 0 Å². The quantitative estimate of drug-likeness (QED) is 0.398. The topological polar surface area (TPSA) is 70.6 Å². The maximum Gasteiger partial charge on any atom is 0.191 e. The highest BCUT2D eigenvalue weighted by atomic mass is 32.2. The lowest BCUT2D eigenvalue weighted by molar-refractivity contribution is 0.534. The van der Waals surface area contributed by atoms with Crippen molar-refractivity contribution in [3.8, 4) is 0 Å². The Kier molecular flexibility index (Phi) is 8.89. The predicted molar refractivity (Wildman–Crippen MR) is 102 cm³/mol. The Morgan fingerprint density at radius 2 is 1.92 bits per heavy atom. The van der Waals surface area contributed by atoms with Gasteiger partial charge in [-0.05, 0) is 35.6 Å². The van der Waals surface area contributed by atoms with Gasteiger partial charge in [0.05, 0.1) is 5.75 Å². The average molecular weight is 372 g/mol. The maximum absolute atomic E-state index is 13.5. The Morgan fingerprint density at radius 3 is 2.52 bits per heavy atom. The molecular weight excluding hydrogens is 341 g/mol. The minimum atomic E-state index is -3.18. The number of unbranched alkanes of at least 4 members (excludes halogenated alkanes) is 1. The van der Waals surface area contributed by atoms with Crippen LogP contribution < -0.4 is 10.6 Å². The molecule has 1 aromatic rings. The second kappa shape index (κ2) is 10.4. The van der Waals surface area contributed by atoms with Crippen molar-refractivity contribution in [2.75, 3.05) is 19.8 Å². The largest absolute Gasteiger partial charge is 0.356 e. The molecule has 142 valence electrons. The van der Waals surface area contributed by atoms with Crippen molar-refractivity contribution in [2.45, 2.75) is 45.4 Å². The Labute approximate surface area is 151 Å². The summed E-state index contributed by atoms with van der Waals surface area (Å²) in [5.74, 6) is 0.842. The van der Waals surface area contributed by atoms with E-state index in [1.807, 2.05) is 0 Å². The van der Waals surface area contributed by atoms with Crippen molar-refractivity contribution >= 4 is 15.8 Å². The molecule has 5 nitrogen and oxygen atoms in total. The van der Waals surface area contributed by atoms with E-state index in [9.17, 15) is 12.8 Å². The third-order valence-corrected chi connectivity index (χ3v) is 4.59. The predicted octanol–water partition coefficient (Wildman–Crippen LogP) is 2.86. The number of nitrogens with zero attached hydrogens (tertiary/aromatic N) is 1. The van der Waals surface area contributed by atoms with Gasteiger partial charge in [-0.1, -0.05) is 32.8 Å². The number of hydrogen-bond acceptors (Lipinski definition) is 3. The standard InChI is InChI=1S/C18H30FN3O2S/c1-14(2)7-5-6-10-21-18(20-3)22-12-16-11-17(19)9-8-15(16)13-25(4,23)24/h8-9,11,14H,5-7,10,12-13H2,1-4H3,(H2,20,21,22). The first-order chi connectivity index (χ1) is 11.7. The number of aliphatic imine (C=N–C) groups is 1. The lowest BCUT2D eigenvalue weighted by atomic mass is 10.1. The minimum absolute atomic E-state index is 0.106. The molecule has 0 aliphatic rings. The molecule has 0 amide bonds. The molecule has 0 saturated carbocycles. The van der Waals surface area contributed by atoms with Crippen LogP contribution in [0.3, 0.4) is 0 Å². The molecular formula is C18H30FN3O2S. The Bertz CT molecular complexity index is 673. The van der Waals surface area contributed by atoms with Gasteiger partial charge in [-0.3, -0.25) is 4.99 Å². The van der Waals surface area contributed by atoms with E-state index in [2.05, 4.69) is 29.5 Å². The number of nitrogens with one attached hydrogen (secondary N) is 2. The van der Waals surface area contributed by atoms with Gasteiger partial charge in [0.25, 0.3) is 0 Å². The normalized spacial score (nSPS) is 12.5. The SMILES string of the molecule is CN=C(NCCCCC(C)C)NCc1cc(F)ccc1CS(C)(=O)=O. The molecule has 0 aliphatic carbocycles. The second-order valence-electron chi connectivity index (χ2n) is 6.73. The Balaban J connectivity index is 2.58. The number of rotatable bonds is 9. The van der Waals surface area contributed by atoms with E-state index in [0.717, 1.165) is 19.4 Å². The summed E-state index contributed by atoms with van der Waals surface area (Å²) in [6.45, 7) is 5.54. The highest BCUT2D eigenvalue weighted by Crippen LogP contribution is 2.14. The van der Waals surface area contributed by atoms with Crippen LogP contribution in [-0.4, -0.2) is 34.2 Å². The third kappa shape index (κ3) is 9.43. The zero-order valence-corrected chi connectivity index (χ0v) is 16.4. The van der Waals surface area contributed by atoms with E-state index in [1.165, 1.54) is 30.9 Å². The van der Waals surface area contributed by atoms with Gasteiger partial charge in [0, 0.05) is 26.4 Å². The molecule has 0 heterocycles. The van der Waals surface area contributed by atoms with E-state index < -0.39 is 9.84 Å². The molecule has 0 atom stereocenters. The lowest BCUT2D eigenvalue weighted by Crippen LogP contribution is -2.37. The highest BCUT2D eigenvalue weighted by molar-refractivity contribution is 7.89. The molecule has 0 spiro atoms. The van der Waals surface area contributed by atoms with E-state index >= 15 is 0 Å². The fourth-order valence-corrected chi connectivity index (χ4v) is 3.31. The number of guanidine groups is 1. The maximum atomic E-state index is 13.5. The van der Waals surface area contributed by atoms with Crippen molar-refractivity contribution in [2.24, 2.45) is 10.9 Å². The van der Waals surface area contributed by atoms with Crippen LogP contribution in [0.4, 0.5) is 4.39 Å². The zero-order valence-electron chi connectivity index (χ0n) is 15.6. The van der Waals surface area contributed by atoms with Crippen molar-refractivity contribution in [3.05, 3.63) is 35.1 Å². The number of hydrogen-bond donors (Lipinski definition) is 2. The van der Waals surface area contributed by atoms with Gasteiger partial charge in [0.1, 0.15) is 5.82 Å². The zero-order chi connectivity index (χ0) is 18.9. The first-order valence-electron chi connectivity index (χ1n) is 8.61. The fraction of sp³-hybridized carbons (Fsp3) is 0.611. The molecule has 0 aliphatic heterocycles. The first-order valence-corrected chi connectivity index (χ1v) is 10.7. The number of sulfone groups is 1. The monoisotopic (exact) mass is 371 g/mol. The molecule has 0 fully saturated rings. The van der Waals surface area contributed by atoms with Gasteiger partial charge in [-0.2, -0.15) is 0 Å². The molecule has 0 radical (unpaired) electrons. The summed E-state index contributed by atoms with van der Waals surface area (Å²) < 4.78 is 36.6. The number of benzene rings is 1. The first kappa shape index (κ1) is 21.4. The molecule has 1 aromatic carbocycles. The molecule has 0 bridgehead atoms. The van der Waals surface area contributed by atoms with Crippen LogP contribution in [0, 0.1) is 11.7 Å². The molecule has 0 aromatic heterocycles. The second-order valence-corrected chi connectivity index (χ2v) is 8.87. The van der Waals surface area contributed by atoms with E-state index in [-0.39, 0.29) is 11.6 Å². The lowest BCUT2D eigenvalue weighted by Gasteiger charge is -2.14. The van der Waals surface area contributed by atoms with Crippen LogP contribution in [0.15, 0.2) is 23.2 Å². The van der Waals surface area contributed by atoms with Crippen LogP contribution in [0.5, 0.6) is 0 Å². The van der Waals surface area contributed by atoms with E-state index in [4.69, 9.17) is 0 Å². The summed E-state index contributed by atoms with van der Waals surface area (Å²) in [7, 11) is -1.51. The van der Waals surface area contributed by atoms with Gasteiger partial charge in [-0.25, -0.2) is 12.8 Å². The summed E-state index contributed by atoms with van der Waals surface area (Å²) in [6, 6.07) is 4.17. The van der Waals surface area contributed by atoms with Crippen LogP contribution >= 0.6 is 0 Å². The molecule has 0 saturated heterocycles.